The Balaban J connectivity index is 2.94. The van der Waals surface area contributed by atoms with E-state index in [4.69, 9.17) is 5.73 Å². The van der Waals surface area contributed by atoms with Crippen LogP contribution in [0.5, 0.6) is 0 Å². The van der Waals surface area contributed by atoms with Crippen LogP contribution in [-0.2, 0) is 0 Å². The molecule has 1 atom stereocenters. The van der Waals surface area contributed by atoms with Crippen LogP contribution in [0, 0.1) is 0 Å². The molecule has 0 saturated carbocycles. The SMILES string of the molecule is CC(N)c1[nH]ncc1Br. The minimum absolute atomic E-state index is 0.0156. The number of nitrogens with two attached hydrogens (primary N) is 1. The number of nitrogens with one attached hydrogen (secondary N) is 1. The molecule has 50 valence electrons. The van der Waals surface area contributed by atoms with Crippen LogP contribution >= 0.6 is 15.9 Å². The minimum Gasteiger partial charge on any atom is -0.323 e. The second-order valence-corrected chi connectivity index (χ2v) is 2.77. The zero-order valence-corrected chi connectivity index (χ0v) is 6.64. The molecule has 1 rings (SSSR count). The normalized spacial score (nSPS) is 13.7. The highest BCUT2D eigenvalue weighted by atomic mass is 79.9. The van der Waals surface area contributed by atoms with E-state index in [-0.39, 0.29) is 6.04 Å². The third-order valence-corrected chi connectivity index (χ3v) is 1.71. The summed E-state index contributed by atoms with van der Waals surface area (Å²) in [6.45, 7) is 1.90. The molecule has 9 heavy (non-hydrogen) atoms. The van der Waals surface area contributed by atoms with Gasteiger partial charge in [0.15, 0.2) is 0 Å². The van der Waals surface area contributed by atoms with E-state index < -0.39 is 0 Å². The van der Waals surface area contributed by atoms with Crippen molar-refractivity contribution in [1.29, 1.82) is 0 Å². The van der Waals surface area contributed by atoms with Gasteiger partial charge < -0.3 is 5.73 Å². The monoisotopic (exact) mass is 189 g/mol. The standard InChI is InChI=1S/C5H8BrN3/c1-3(7)5-4(6)2-8-9-5/h2-3H,7H2,1H3,(H,8,9). The third-order valence-electron chi connectivity index (χ3n) is 1.08. The van der Waals surface area contributed by atoms with Gasteiger partial charge in [0, 0.05) is 6.04 Å². The Morgan fingerprint density at radius 2 is 2.56 bits per heavy atom. The lowest BCUT2D eigenvalue weighted by Gasteiger charge is -1.99. The van der Waals surface area contributed by atoms with Crippen molar-refractivity contribution in [3.8, 4) is 0 Å². The highest BCUT2D eigenvalue weighted by Gasteiger charge is 2.04. The predicted octanol–water partition coefficient (Wildman–Crippen LogP) is 1.19. The molecule has 1 aromatic heterocycles. The first-order valence-electron chi connectivity index (χ1n) is 2.66. The van der Waals surface area contributed by atoms with Crippen molar-refractivity contribution in [2.45, 2.75) is 13.0 Å². The number of hydrogen-bond acceptors (Lipinski definition) is 2. The summed E-state index contributed by atoms with van der Waals surface area (Å²) in [6, 6.07) is 0.0156. The van der Waals surface area contributed by atoms with Crippen molar-refractivity contribution >= 4 is 15.9 Å². The first kappa shape index (κ1) is 6.77. The molecule has 0 amide bonds. The molecule has 0 bridgehead atoms. The molecule has 1 aromatic rings. The Labute approximate surface area is 61.8 Å². The minimum atomic E-state index is 0.0156. The fourth-order valence-corrected chi connectivity index (χ4v) is 1.15. The summed E-state index contributed by atoms with van der Waals surface area (Å²) in [5.74, 6) is 0. The lowest BCUT2D eigenvalue weighted by Crippen LogP contribution is -2.05. The summed E-state index contributed by atoms with van der Waals surface area (Å²) >= 11 is 3.29. The Morgan fingerprint density at radius 1 is 1.89 bits per heavy atom. The number of aromatic amines is 1. The Kier molecular flexibility index (Phi) is 1.87. The quantitative estimate of drug-likeness (QED) is 0.698. The molecular formula is C5H8BrN3. The van der Waals surface area contributed by atoms with Gasteiger partial charge in [-0.25, -0.2) is 0 Å². The molecular weight excluding hydrogens is 182 g/mol. The van der Waals surface area contributed by atoms with Crippen molar-refractivity contribution in [3.63, 3.8) is 0 Å². The molecule has 0 saturated heterocycles. The van der Waals surface area contributed by atoms with Crippen LogP contribution < -0.4 is 5.73 Å². The van der Waals surface area contributed by atoms with Gasteiger partial charge >= 0.3 is 0 Å². The van der Waals surface area contributed by atoms with Gasteiger partial charge in [-0.3, -0.25) is 5.10 Å². The summed E-state index contributed by atoms with van der Waals surface area (Å²) in [5.41, 5.74) is 6.50. The van der Waals surface area contributed by atoms with Crippen molar-refractivity contribution < 1.29 is 0 Å². The topological polar surface area (TPSA) is 54.7 Å². The van der Waals surface area contributed by atoms with E-state index in [2.05, 4.69) is 26.1 Å². The van der Waals surface area contributed by atoms with Gasteiger partial charge in [-0.05, 0) is 22.9 Å². The predicted molar refractivity (Wildman–Crippen MR) is 38.9 cm³/mol. The van der Waals surface area contributed by atoms with Crippen LogP contribution in [0.25, 0.3) is 0 Å². The van der Waals surface area contributed by atoms with Crippen LogP contribution in [0.4, 0.5) is 0 Å². The summed E-state index contributed by atoms with van der Waals surface area (Å²) in [5, 5.41) is 6.57. The van der Waals surface area contributed by atoms with Gasteiger partial charge in [0.05, 0.1) is 16.4 Å². The van der Waals surface area contributed by atoms with Gasteiger partial charge in [-0.15, -0.1) is 0 Å². The summed E-state index contributed by atoms with van der Waals surface area (Å²) < 4.78 is 0.942. The molecule has 3 N–H and O–H groups in total. The van der Waals surface area contributed by atoms with Gasteiger partial charge in [-0.2, -0.15) is 5.10 Å². The average molecular weight is 190 g/mol. The lowest BCUT2D eigenvalue weighted by atomic mass is 10.3. The molecule has 3 nitrogen and oxygen atoms in total. The molecule has 0 aromatic carbocycles. The smallest absolute Gasteiger partial charge is 0.0658 e. The molecule has 0 aliphatic rings. The molecule has 0 fully saturated rings. The Bertz CT molecular complexity index is 194. The van der Waals surface area contributed by atoms with Crippen molar-refractivity contribution in [2.75, 3.05) is 0 Å². The van der Waals surface area contributed by atoms with E-state index in [9.17, 15) is 0 Å². The number of aromatic nitrogens is 2. The zero-order valence-electron chi connectivity index (χ0n) is 5.06. The molecule has 0 aliphatic carbocycles. The van der Waals surface area contributed by atoms with Crippen LogP contribution in [0.1, 0.15) is 18.7 Å². The summed E-state index contributed by atoms with van der Waals surface area (Å²) in [7, 11) is 0. The maximum Gasteiger partial charge on any atom is 0.0658 e. The van der Waals surface area contributed by atoms with Gasteiger partial charge in [0.1, 0.15) is 0 Å². The highest BCUT2D eigenvalue weighted by Crippen LogP contribution is 2.17. The number of hydrogen-bond donors (Lipinski definition) is 2. The molecule has 0 radical (unpaired) electrons. The van der Waals surface area contributed by atoms with Crippen LogP contribution in [0.15, 0.2) is 10.7 Å². The second kappa shape index (κ2) is 2.49. The van der Waals surface area contributed by atoms with E-state index in [1.165, 1.54) is 0 Å². The van der Waals surface area contributed by atoms with E-state index >= 15 is 0 Å². The van der Waals surface area contributed by atoms with E-state index in [0.29, 0.717) is 0 Å². The number of H-pyrrole nitrogens is 1. The van der Waals surface area contributed by atoms with Gasteiger partial charge in [-0.1, -0.05) is 0 Å². The maximum atomic E-state index is 5.56. The first-order valence-corrected chi connectivity index (χ1v) is 3.45. The molecule has 4 heteroatoms. The van der Waals surface area contributed by atoms with Crippen LogP contribution in [-0.4, -0.2) is 10.2 Å². The summed E-state index contributed by atoms with van der Waals surface area (Å²) in [6.07, 6.45) is 1.69. The molecule has 1 heterocycles. The van der Waals surface area contributed by atoms with Crippen molar-refractivity contribution in [3.05, 3.63) is 16.4 Å². The van der Waals surface area contributed by atoms with Gasteiger partial charge in [0.2, 0.25) is 0 Å². The fraction of sp³-hybridized carbons (Fsp3) is 0.400. The maximum absolute atomic E-state index is 5.56. The summed E-state index contributed by atoms with van der Waals surface area (Å²) in [4.78, 5) is 0. The lowest BCUT2D eigenvalue weighted by molar-refractivity contribution is 0.768. The largest absolute Gasteiger partial charge is 0.323 e. The average Bonchev–Trinajstić information content (AvgIpc) is 2.13. The molecule has 0 aliphatic heterocycles. The Morgan fingerprint density at radius 3 is 2.78 bits per heavy atom. The second-order valence-electron chi connectivity index (χ2n) is 1.92. The fourth-order valence-electron chi connectivity index (χ4n) is 0.601. The molecule has 0 spiro atoms. The number of rotatable bonds is 1. The Hall–Kier alpha value is -0.350. The van der Waals surface area contributed by atoms with Crippen molar-refractivity contribution in [1.82, 2.24) is 10.2 Å². The zero-order chi connectivity index (χ0) is 6.85. The molecule has 1 unspecified atom stereocenters. The highest BCUT2D eigenvalue weighted by molar-refractivity contribution is 9.10. The first-order chi connectivity index (χ1) is 4.22. The third kappa shape index (κ3) is 1.31. The van der Waals surface area contributed by atoms with E-state index in [1.807, 2.05) is 6.92 Å². The van der Waals surface area contributed by atoms with E-state index in [1.54, 1.807) is 6.20 Å². The van der Waals surface area contributed by atoms with Gasteiger partial charge in [0.25, 0.3) is 0 Å². The number of nitrogens with zero attached hydrogens (tertiary/aromatic N) is 1. The van der Waals surface area contributed by atoms with E-state index in [0.717, 1.165) is 10.2 Å². The van der Waals surface area contributed by atoms with Crippen molar-refractivity contribution in [2.24, 2.45) is 5.73 Å². The number of halogens is 1. The van der Waals surface area contributed by atoms with Crippen LogP contribution in [0.3, 0.4) is 0 Å². The van der Waals surface area contributed by atoms with Crippen LogP contribution in [0.2, 0.25) is 0 Å².